The molecule has 1 aliphatic rings. The maximum atomic E-state index is 5.57. The minimum absolute atomic E-state index is 0.296. The van der Waals surface area contributed by atoms with E-state index in [9.17, 15) is 0 Å². The zero-order valence-corrected chi connectivity index (χ0v) is 10.2. The summed E-state index contributed by atoms with van der Waals surface area (Å²) in [7, 11) is 1.72. The number of hydrogen-bond donors (Lipinski definition) is 1. The highest BCUT2D eigenvalue weighted by Gasteiger charge is 2.28. The molecule has 0 aromatic heterocycles. The summed E-state index contributed by atoms with van der Waals surface area (Å²) in [6, 6.07) is 0.730. The maximum Gasteiger partial charge on any atom is 0.162 e. The topological polar surface area (TPSA) is 39.7 Å². The largest absolute Gasteiger partial charge is 0.385 e. The highest BCUT2D eigenvalue weighted by atomic mass is 16.7. The molecule has 1 aliphatic heterocycles. The van der Waals surface area contributed by atoms with E-state index in [0.717, 1.165) is 13.0 Å². The van der Waals surface area contributed by atoms with Crippen LogP contribution in [0.3, 0.4) is 0 Å². The van der Waals surface area contributed by atoms with Gasteiger partial charge in [-0.1, -0.05) is 0 Å². The first-order valence-corrected chi connectivity index (χ1v) is 5.56. The van der Waals surface area contributed by atoms with Crippen molar-refractivity contribution in [1.29, 1.82) is 0 Å². The van der Waals surface area contributed by atoms with Gasteiger partial charge >= 0.3 is 0 Å². The van der Waals surface area contributed by atoms with E-state index in [2.05, 4.69) is 12.2 Å². The predicted octanol–water partition coefficient (Wildman–Crippen LogP) is 1.15. The van der Waals surface area contributed by atoms with E-state index in [1.807, 2.05) is 13.8 Å². The van der Waals surface area contributed by atoms with Crippen LogP contribution in [-0.2, 0) is 14.2 Å². The van der Waals surface area contributed by atoms with Gasteiger partial charge in [-0.05, 0) is 27.2 Å². The number of ether oxygens (including phenoxy) is 3. The molecule has 0 aromatic rings. The second-order valence-electron chi connectivity index (χ2n) is 4.57. The lowest BCUT2D eigenvalue weighted by molar-refractivity contribution is -0.253. The molecule has 1 N–H and O–H groups in total. The highest BCUT2D eigenvalue weighted by molar-refractivity contribution is 4.76. The fraction of sp³-hybridized carbons (Fsp3) is 1.00. The van der Waals surface area contributed by atoms with Crippen LogP contribution in [-0.4, -0.2) is 44.8 Å². The molecular formula is C11H23NO3. The van der Waals surface area contributed by atoms with Crippen LogP contribution in [0.15, 0.2) is 0 Å². The summed E-state index contributed by atoms with van der Waals surface area (Å²) >= 11 is 0. The molecule has 0 aromatic carbocycles. The van der Waals surface area contributed by atoms with E-state index in [4.69, 9.17) is 14.2 Å². The van der Waals surface area contributed by atoms with Crippen LogP contribution in [0.4, 0.5) is 0 Å². The van der Waals surface area contributed by atoms with E-state index in [1.165, 1.54) is 0 Å². The second kappa shape index (κ2) is 5.80. The molecule has 1 saturated heterocycles. The van der Waals surface area contributed by atoms with Gasteiger partial charge in [-0.25, -0.2) is 0 Å². The third kappa shape index (κ3) is 4.93. The van der Waals surface area contributed by atoms with Crippen LogP contribution in [0.1, 0.15) is 27.2 Å². The first kappa shape index (κ1) is 12.9. The minimum Gasteiger partial charge on any atom is -0.385 e. The van der Waals surface area contributed by atoms with Crippen molar-refractivity contribution in [2.24, 2.45) is 0 Å². The molecular weight excluding hydrogens is 194 g/mol. The Bertz CT molecular complexity index is 175. The third-order valence-corrected chi connectivity index (χ3v) is 2.54. The molecule has 1 heterocycles. The molecule has 15 heavy (non-hydrogen) atoms. The first-order valence-electron chi connectivity index (χ1n) is 5.56. The molecule has 90 valence electrons. The van der Waals surface area contributed by atoms with Crippen molar-refractivity contribution in [2.45, 2.75) is 45.1 Å². The predicted molar refractivity (Wildman–Crippen MR) is 58.9 cm³/mol. The van der Waals surface area contributed by atoms with Crippen LogP contribution in [0.2, 0.25) is 0 Å². The van der Waals surface area contributed by atoms with Gasteiger partial charge in [-0.15, -0.1) is 0 Å². The number of nitrogens with one attached hydrogen (secondary N) is 1. The first-order chi connectivity index (χ1) is 7.03. The van der Waals surface area contributed by atoms with Gasteiger partial charge in [0.05, 0.1) is 19.3 Å². The minimum atomic E-state index is -0.423. The average Bonchev–Trinajstić information content (AvgIpc) is 2.18. The Labute approximate surface area is 92.3 Å². The SMILES string of the molecule is COCCC(C)NC1COC(C)(C)OC1. The molecule has 1 unspecified atom stereocenters. The summed E-state index contributed by atoms with van der Waals surface area (Å²) < 4.78 is 16.2. The number of rotatable bonds is 5. The lowest BCUT2D eigenvalue weighted by Gasteiger charge is -2.36. The smallest absolute Gasteiger partial charge is 0.162 e. The quantitative estimate of drug-likeness (QED) is 0.750. The van der Waals surface area contributed by atoms with Crippen LogP contribution in [0.5, 0.6) is 0 Å². The van der Waals surface area contributed by atoms with E-state index < -0.39 is 5.79 Å². The lowest BCUT2D eigenvalue weighted by Crippen LogP contribution is -2.51. The van der Waals surface area contributed by atoms with Gasteiger partial charge in [-0.2, -0.15) is 0 Å². The van der Waals surface area contributed by atoms with E-state index in [0.29, 0.717) is 25.3 Å². The highest BCUT2D eigenvalue weighted by Crippen LogP contribution is 2.17. The van der Waals surface area contributed by atoms with Crippen molar-refractivity contribution in [3.8, 4) is 0 Å². The summed E-state index contributed by atoms with van der Waals surface area (Å²) in [4.78, 5) is 0. The maximum absolute atomic E-state index is 5.57. The van der Waals surface area contributed by atoms with Gasteiger partial charge in [-0.3, -0.25) is 0 Å². The van der Waals surface area contributed by atoms with Gasteiger partial charge in [0.1, 0.15) is 0 Å². The number of methoxy groups -OCH3 is 1. The van der Waals surface area contributed by atoms with Gasteiger partial charge in [0, 0.05) is 19.8 Å². The molecule has 0 aliphatic carbocycles. The van der Waals surface area contributed by atoms with Gasteiger partial charge in [0.15, 0.2) is 5.79 Å². The Morgan fingerprint density at radius 1 is 1.40 bits per heavy atom. The molecule has 1 rings (SSSR count). The normalized spacial score (nSPS) is 24.0. The summed E-state index contributed by atoms with van der Waals surface area (Å²) in [5, 5.41) is 3.46. The third-order valence-electron chi connectivity index (χ3n) is 2.54. The summed E-state index contributed by atoms with van der Waals surface area (Å²) in [5.41, 5.74) is 0. The molecule has 4 nitrogen and oxygen atoms in total. The Balaban J connectivity index is 2.17. The molecule has 0 amide bonds. The second-order valence-corrected chi connectivity index (χ2v) is 4.57. The van der Waals surface area contributed by atoms with Gasteiger partial charge < -0.3 is 19.5 Å². The molecule has 0 spiro atoms. The Hall–Kier alpha value is -0.160. The zero-order chi connectivity index (χ0) is 11.3. The van der Waals surface area contributed by atoms with Crippen LogP contribution < -0.4 is 5.32 Å². The van der Waals surface area contributed by atoms with Crippen molar-refractivity contribution in [2.75, 3.05) is 26.9 Å². The Morgan fingerprint density at radius 3 is 2.53 bits per heavy atom. The van der Waals surface area contributed by atoms with Crippen LogP contribution in [0, 0.1) is 0 Å². The number of hydrogen-bond acceptors (Lipinski definition) is 4. The monoisotopic (exact) mass is 217 g/mol. The van der Waals surface area contributed by atoms with Crippen LogP contribution in [0.25, 0.3) is 0 Å². The standard InChI is InChI=1S/C11H23NO3/c1-9(5-6-13-4)12-10-7-14-11(2,3)15-8-10/h9-10,12H,5-8H2,1-4H3. The Kier molecular flexibility index (Phi) is 4.99. The molecule has 0 radical (unpaired) electrons. The van der Waals surface area contributed by atoms with E-state index in [-0.39, 0.29) is 0 Å². The Morgan fingerprint density at radius 2 is 2.00 bits per heavy atom. The van der Waals surface area contributed by atoms with Gasteiger partial charge in [0.2, 0.25) is 0 Å². The molecule has 0 bridgehead atoms. The molecule has 1 fully saturated rings. The zero-order valence-electron chi connectivity index (χ0n) is 10.2. The average molecular weight is 217 g/mol. The fourth-order valence-electron chi connectivity index (χ4n) is 1.57. The summed E-state index contributed by atoms with van der Waals surface area (Å²) in [6.45, 7) is 8.25. The van der Waals surface area contributed by atoms with Gasteiger partial charge in [0.25, 0.3) is 0 Å². The lowest BCUT2D eigenvalue weighted by atomic mass is 10.2. The van der Waals surface area contributed by atoms with Crippen molar-refractivity contribution in [1.82, 2.24) is 5.32 Å². The van der Waals surface area contributed by atoms with Crippen molar-refractivity contribution < 1.29 is 14.2 Å². The molecule has 4 heteroatoms. The van der Waals surface area contributed by atoms with E-state index >= 15 is 0 Å². The van der Waals surface area contributed by atoms with Crippen molar-refractivity contribution >= 4 is 0 Å². The van der Waals surface area contributed by atoms with Crippen molar-refractivity contribution in [3.05, 3.63) is 0 Å². The van der Waals surface area contributed by atoms with Crippen molar-refractivity contribution in [3.63, 3.8) is 0 Å². The molecule has 1 atom stereocenters. The summed E-state index contributed by atoms with van der Waals surface area (Å²) in [5.74, 6) is -0.423. The van der Waals surface area contributed by atoms with E-state index in [1.54, 1.807) is 7.11 Å². The fourth-order valence-corrected chi connectivity index (χ4v) is 1.57. The molecule has 0 saturated carbocycles. The summed E-state index contributed by atoms with van der Waals surface area (Å²) in [6.07, 6.45) is 1.01. The van der Waals surface area contributed by atoms with Crippen LogP contribution >= 0.6 is 0 Å².